The van der Waals surface area contributed by atoms with Crippen molar-refractivity contribution in [2.24, 2.45) is 0 Å². The van der Waals surface area contributed by atoms with Gasteiger partial charge in [-0.2, -0.15) is 10.1 Å². The highest BCUT2D eigenvalue weighted by Gasteiger charge is 2.03. The van der Waals surface area contributed by atoms with Crippen LogP contribution in [0, 0.1) is 3.70 Å². The van der Waals surface area contributed by atoms with E-state index in [0.717, 1.165) is 9.09 Å². The zero-order valence-electron chi connectivity index (χ0n) is 5.37. The zero-order valence-corrected chi connectivity index (χ0v) is 7.53. The van der Waals surface area contributed by atoms with Gasteiger partial charge in [0.15, 0.2) is 5.65 Å². The Morgan fingerprint density at radius 2 is 2.36 bits per heavy atom. The summed E-state index contributed by atoms with van der Waals surface area (Å²) in [7, 11) is 0. The Morgan fingerprint density at radius 3 is 3.18 bits per heavy atom. The minimum atomic E-state index is 0.250. The van der Waals surface area contributed by atoms with Crippen LogP contribution >= 0.6 is 22.6 Å². The zero-order chi connectivity index (χ0) is 7.84. The van der Waals surface area contributed by atoms with Crippen LogP contribution < -0.4 is 5.73 Å². The summed E-state index contributed by atoms with van der Waals surface area (Å²) < 4.78 is 0.928. The molecule has 0 atom stereocenters. The Morgan fingerprint density at radius 1 is 1.55 bits per heavy atom. The number of halogens is 1. The average molecular weight is 261 g/mol. The number of hydrogen-bond donors (Lipinski definition) is 2. The number of aromatic nitrogens is 4. The number of nitrogen functional groups attached to an aromatic ring is 1. The van der Waals surface area contributed by atoms with Gasteiger partial charge in [0, 0.05) is 6.20 Å². The SMILES string of the molecule is Nc1ncc2c(I)[nH]nc2n1. The van der Waals surface area contributed by atoms with E-state index in [9.17, 15) is 0 Å². The lowest BCUT2D eigenvalue weighted by Crippen LogP contribution is -1.93. The molecule has 56 valence electrons. The first-order valence-corrected chi connectivity index (χ1v) is 3.97. The van der Waals surface area contributed by atoms with E-state index in [4.69, 9.17) is 5.73 Å². The molecule has 3 N–H and O–H groups in total. The van der Waals surface area contributed by atoms with Crippen molar-refractivity contribution in [2.75, 3.05) is 5.73 Å². The summed E-state index contributed by atoms with van der Waals surface area (Å²) in [5, 5.41) is 7.60. The molecule has 0 saturated carbocycles. The van der Waals surface area contributed by atoms with Gasteiger partial charge in [-0.1, -0.05) is 0 Å². The fourth-order valence-corrected chi connectivity index (χ4v) is 1.29. The van der Waals surface area contributed by atoms with E-state index in [1.807, 2.05) is 0 Å². The minimum absolute atomic E-state index is 0.250. The van der Waals surface area contributed by atoms with Crippen molar-refractivity contribution in [3.63, 3.8) is 0 Å². The van der Waals surface area contributed by atoms with Crippen LogP contribution in [0.1, 0.15) is 0 Å². The monoisotopic (exact) mass is 261 g/mol. The lowest BCUT2D eigenvalue weighted by molar-refractivity contribution is 1.07. The summed E-state index contributed by atoms with van der Waals surface area (Å²) in [6, 6.07) is 0. The highest BCUT2D eigenvalue weighted by atomic mass is 127. The van der Waals surface area contributed by atoms with E-state index < -0.39 is 0 Å². The molecule has 2 rings (SSSR count). The Balaban J connectivity index is 2.86. The fraction of sp³-hybridized carbons (Fsp3) is 0. The van der Waals surface area contributed by atoms with Gasteiger partial charge in [0.2, 0.25) is 5.95 Å². The fourth-order valence-electron chi connectivity index (χ4n) is 0.788. The van der Waals surface area contributed by atoms with E-state index >= 15 is 0 Å². The Kier molecular flexibility index (Phi) is 1.41. The number of nitrogens with zero attached hydrogens (tertiary/aromatic N) is 3. The van der Waals surface area contributed by atoms with Gasteiger partial charge < -0.3 is 5.73 Å². The average Bonchev–Trinajstić information content (AvgIpc) is 2.32. The molecule has 0 aliphatic rings. The Bertz CT molecular complexity index is 395. The van der Waals surface area contributed by atoms with Gasteiger partial charge in [-0.25, -0.2) is 4.98 Å². The van der Waals surface area contributed by atoms with Gasteiger partial charge in [-0.05, 0) is 22.6 Å². The van der Waals surface area contributed by atoms with Crippen molar-refractivity contribution in [1.29, 1.82) is 0 Å². The van der Waals surface area contributed by atoms with Crippen LogP contribution in [0.25, 0.3) is 11.0 Å². The second kappa shape index (κ2) is 2.29. The largest absolute Gasteiger partial charge is 0.368 e. The molecule has 0 fully saturated rings. The Labute approximate surface area is 75.6 Å². The summed E-state index contributed by atoms with van der Waals surface area (Å²) >= 11 is 2.13. The van der Waals surface area contributed by atoms with Crippen LogP contribution in [0.4, 0.5) is 5.95 Å². The van der Waals surface area contributed by atoms with Crippen molar-refractivity contribution in [3.8, 4) is 0 Å². The summed E-state index contributed by atoms with van der Waals surface area (Å²) in [6.45, 7) is 0. The van der Waals surface area contributed by atoms with Crippen LogP contribution in [-0.2, 0) is 0 Å². The third-order valence-electron chi connectivity index (χ3n) is 1.28. The number of fused-ring (bicyclic) bond motifs is 1. The van der Waals surface area contributed by atoms with Gasteiger partial charge in [0.05, 0.1) is 5.39 Å². The molecule has 2 heterocycles. The first-order chi connectivity index (χ1) is 5.27. The lowest BCUT2D eigenvalue weighted by atomic mass is 10.4. The number of hydrogen-bond acceptors (Lipinski definition) is 4. The molecule has 0 unspecified atom stereocenters. The van der Waals surface area contributed by atoms with Crippen LogP contribution in [0.5, 0.6) is 0 Å². The molecular weight excluding hydrogens is 257 g/mol. The van der Waals surface area contributed by atoms with E-state index in [1.54, 1.807) is 6.20 Å². The topological polar surface area (TPSA) is 80.5 Å². The molecule has 0 radical (unpaired) electrons. The molecule has 5 nitrogen and oxygen atoms in total. The number of rotatable bonds is 0. The molecule has 0 aliphatic carbocycles. The molecule has 0 aromatic carbocycles. The molecule has 2 aromatic heterocycles. The predicted octanol–water partition coefficient (Wildman–Crippen LogP) is 0.540. The van der Waals surface area contributed by atoms with Crippen molar-refractivity contribution in [1.82, 2.24) is 20.2 Å². The summed E-state index contributed by atoms with van der Waals surface area (Å²) in [4.78, 5) is 7.76. The van der Waals surface area contributed by atoms with Crippen LogP contribution in [0.3, 0.4) is 0 Å². The second-order valence-electron chi connectivity index (χ2n) is 2.00. The normalized spacial score (nSPS) is 10.6. The molecule has 2 aromatic rings. The van der Waals surface area contributed by atoms with E-state index in [1.165, 1.54) is 0 Å². The molecular formula is C5H4IN5. The Hall–Kier alpha value is -0.920. The van der Waals surface area contributed by atoms with E-state index in [-0.39, 0.29) is 5.95 Å². The van der Waals surface area contributed by atoms with Crippen molar-refractivity contribution in [2.45, 2.75) is 0 Å². The molecule has 0 aliphatic heterocycles. The number of nitrogens with one attached hydrogen (secondary N) is 1. The first-order valence-electron chi connectivity index (χ1n) is 2.89. The maximum atomic E-state index is 5.35. The van der Waals surface area contributed by atoms with Gasteiger partial charge in [0.25, 0.3) is 0 Å². The maximum Gasteiger partial charge on any atom is 0.222 e. The van der Waals surface area contributed by atoms with Gasteiger partial charge >= 0.3 is 0 Å². The molecule has 6 heteroatoms. The quantitative estimate of drug-likeness (QED) is 0.678. The van der Waals surface area contributed by atoms with Crippen molar-refractivity contribution in [3.05, 3.63) is 9.90 Å². The number of H-pyrrole nitrogens is 1. The van der Waals surface area contributed by atoms with E-state index in [0.29, 0.717) is 5.65 Å². The van der Waals surface area contributed by atoms with Gasteiger partial charge in [-0.15, -0.1) is 0 Å². The maximum absolute atomic E-state index is 5.35. The predicted molar refractivity (Wildman–Crippen MR) is 48.8 cm³/mol. The van der Waals surface area contributed by atoms with Crippen LogP contribution in [0.15, 0.2) is 6.20 Å². The molecule has 0 bridgehead atoms. The highest BCUT2D eigenvalue weighted by molar-refractivity contribution is 14.1. The molecule has 11 heavy (non-hydrogen) atoms. The van der Waals surface area contributed by atoms with Gasteiger partial charge in [0.1, 0.15) is 3.70 Å². The standard InChI is InChI=1S/C5H4IN5/c6-3-2-1-8-5(7)9-4(2)11-10-3/h1H,(H3,7,8,9,10,11). The first kappa shape index (κ1) is 6.77. The summed E-state index contributed by atoms with van der Waals surface area (Å²) in [5.41, 5.74) is 5.97. The van der Waals surface area contributed by atoms with Crippen molar-refractivity contribution >= 4 is 39.6 Å². The highest BCUT2D eigenvalue weighted by Crippen LogP contribution is 2.14. The number of anilines is 1. The lowest BCUT2D eigenvalue weighted by Gasteiger charge is -1.88. The molecule has 0 spiro atoms. The summed E-state index contributed by atoms with van der Waals surface area (Å²) in [5.74, 6) is 0.250. The van der Waals surface area contributed by atoms with Gasteiger partial charge in [-0.3, -0.25) is 5.10 Å². The number of aromatic amines is 1. The third-order valence-corrected chi connectivity index (χ3v) is 2.11. The molecule has 0 amide bonds. The second-order valence-corrected chi connectivity index (χ2v) is 3.08. The third kappa shape index (κ3) is 1.02. The van der Waals surface area contributed by atoms with Crippen molar-refractivity contribution < 1.29 is 0 Å². The number of nitrogens with two attached hydrogens (primary N) is 1. The summed E-state index contributed by atoms with van der Waals surface area (Å²) in [6.07, 6.45) is 1.66. The van der Waals surface area contributed by atoms with Crippen LogP contribution in [-0.4, -0.2) is 20.2 Å². The molecule has 0 saturated heterocycles. The smallest absolute Gasteiger partial charge is 0.222 e. The van der Waals surface area contributed by atoms with Crippen LogP contribution in [0.2, 0.25) is 0 Å². The van der Waals surface area contributed by atoms with E-state index in [2.05, 4.69) is 42.8 Å². The minimum Gasteiger partial charge on any atom is -0.368 e.